The van der Waals surface area contributed by atoms with Gasteiger partial charge in [0.05, 0.1) is 29.1 Å². The van der Waals surface area contributed by atoms with Crippen LogP contribution in [-0.4, -0.2) is 24.9 Å². The molecule has 2 aromatic carbocycles. The number of hydrogen-bond acceptors (Lipinski definition) is 3. The maximum Gasteiger partial charge on any atom is 0.232 e. The van der Waals surface area contributed by atoms with E-state index in [-0.39, 0.29) is 36.1 Å². The number of nitriles is 1. The SMILES string of the molecule is CC1(C)CN(C(=O)[C@H]2CC(=O)N(c3cccc(C#N)c3)C2)c2cc(F)c(CCl)cc21. The molecule has 2 aliphatic rings. The smallest absolute Gasteiger partial charge is 0.232 e. The van der Waals surface area contributed by atoms with Crippen LogP contribution in [0.2, 0.25) is 0 Å². The molecule has 4 rings (SSSR count). The highest BCUT2D eigenvalue weighted by atomic mass is 35.5. The second-order valence-corrected chi connectivity index (χ2v) is 8.74. The summed E-state index contributed by atoms with van der Waals surface area (Å²) in [4.78, 5) is 29.1. The topological polar surface area (TPSA) is 64.4 Å². The van der Waals surface area contributed by atoms with E-state index >= 15 is 0 Å². The van der Waals surface area contributed by atoms with Gasteiger partial charge in [0.1, 0.15) is 5.82 Å². The van der Waals surface area contributed by atoms with Gasteiger partial charge in [0.15, 0.2) is 0 Å². The largest absolute Gasteiger partial charge is 0.312 e. The lowest BCUT2D eigenvalue weighted by molar-refractivity contribution is -0.124. The summed E-state index contributed by atoms with van der Waals surface area (Å²) < 4.78 is 14.4. The first kappa shape index (κ1) is 20.4. The van der Waals surface area contributed by atoms with E-state index in [1.165, 1.54) is 6.07 Å². The summed E-state index contributed by atoms with van der Waals surface area (Å²) in [5.74, 6) is -1.24. The number of amides is 2. The third kappa shape index (κ3) is 3.33. The number of hydrogen-bond donors (Lipinski definition) is 0. The maximum atomic E-state index is 14.4. The molecule has 5 nitrogen and oxygen atoms in total. The molecule has 0 bridgehead atoms. The number of carbonyl (C=O) groups is 2. The molecule has 1 atom stereocenters. The minimum Gasteiger partial charge on any atom is -0.312 e. The first-order valence-electron chi connectivity index (χ1n) is 9.76. The standard InChI is InChI=1S/C23H21ClFN3O2/c1-23(2)13-28(20-9-19(25)15(10-24)7-18(20)23)22(30)16-8-21(29)27(12-16)17-5-3-4-14(6-17)11-26/h3-7,9,16H,8,10,12-13H2,1-2H3/t16-/m0/s1. The van der Waals surface area contributed by atoms with Crippen molar-refractivity contribution >= 4 is 34.8 Å². The van der Waals surface area contributed by atoms with Gasteiger partial charge in [0.2, 0.25) is 11.8 Å². The van der Waals surface area contributed by atoms with Crippen LogP contribution in [0.15, 0.2) is 36.4 Å². The van der Waals surface area contributed by atoms with Crippen LogP contribution in [0.5, 0.6) is 0 Å². The van der Waals surface area contributed by atoms with E-state index in [1.54, 1.807) is 40.1 Å². The molecule has 2 aliphatic heterocycles. The van der Waals surface area contributed by atoms with Crippen LogP contribution in [0.4, 0.5) is 15.8 Å². The summed E-state index contributed by atoms with van der Waals surface area (Å²) in [7, 11) is 0. The minimum atomic E-state index is -0.527. The summed E-state index contributed by atoms with van der Waals surface area (Å²) in [5.41, 5.74) is 2.57. The Kier molecular flexibility index (Phi) is 5.03. The van der Waals surface area contributed by atoms with Crippen LogP contribution in [0, 0.1) is 23.1 Å². The van der Waals surface area contributed by atoms with Gasteiger partial charge in [0, 0.05) is 36.2 Å². The highest BCUT2D eigenvalue weighted by Gasteiger charge is 2.44. The van der Waals surface area contributed by atoms with Gasteiger partial charge in [-0.25, -0.2) is 4.39 Å². The molecular weight excluding hydrogens is 405 g/mol. The molecule has 0 radical (unpaired) electrons. The molecule has 7 heteroatoms. The molecule has 30 heavy (non-hydrogen) atoms. The molecule has 0 aromatic heterocycles. The third-order valence-electron chi connectivity index (χ3n) is 5.91. The molecule has 2 aromatic rings. The van der Waals surface area contributed by atoms with Gasteiger partial charge in [-0.3, -0.25) is 9.59 Å². The monoisotopic (exact) mass is 425 g/mol. The molecule has 0 unspecified atom stereocenters. The van der Waals surface area contributed by atoms with Crippen LogP contribution < -0.4 is 9.80 Å². The van der Waals surface area contributed by atoms with E-state index in [0.717, 1.165) is 5.56 Å². The van der Waals surface area contributed by atoms with Crippen LogP contribution in [0.1, 0.15) is 37.0 Å². The quantitative estimate of drug-likeness (QED) is 0.695. The molecule has 2 amide bonds. The van der Waals surface area contributed by atoms with E-state index in [2.05, 4.69) is 6.07 Å². The predicted molar refractivity (Wildman–Crippen MR) is 113 cm³/mol. The van der Waals surface area contributed by atoms with Crippen molar-refractivity contribution in [3.8, 4) is 6.07 Å². The lowest BCUT2D eigenvalue weighted by atomic mass is 9.86. The zero-order valence-electron chi connectivity index (χ0n) is 16.8. The molecule has 154 valence electrons. The van der Waals surface area contributed by atoms with Crippen molar-refractivity contribution in [3.63, 3.8) is 0 Å². The zero-order chi connectivity index (χ0) is 21.6. The molecule has 0 N–H and O–H groups in total. The molecule has 0 spiro atoms. The fourth-order valence-corrected chi connectivity index (χ4v) is 4.53. The molecule has 0 aliphatic carbocycles. The van der Waals surface area contributed by atoms with Gasteiger partial charge >= 0.3 is 0 Å². The van der Waals surface area contributed by atoms with E-state index in [1.807, 2.05) is 13.8 Å². The number of benzene rings is 2. The average molecular weight is 426 g/mol. The number of alkyl halides is 1. The first-order chi connectivity index (χ1) is 14.2. The van der Waals surface area contributed by atoms with Gasteiger partial charge in [-0.2, -0.15) is 5.26 Å². The summed E-state index contributed by atoms with van der Waals surface area (Å²) in [5, 5.41) is 9.10. The van der Waals surface area contributed by atoms with Crippen molar-refractivity contribution in [2.24, 2.45) is 5.92 Å². The lowest BCUT2D eigenvalue weighted by Crippen LogP contribution is -2.39. The van der Waals surface area contributed by atoms with Crippen LogP contribution in [0.3, 0.4) is 0 Å². The Bertz CT molecular complexity index is 1090. The van der Waals surface area contributed by atoms with Crippen molar-refractivity contribution < 1.29 is 14.0 Å². The average Bonchev–Trinajstić information content (AvgIpc) is 3.24. The normalized spacial score (nSPS) is 19.7. The summed E-state index contributed by atoms with van der Waals surface area (Å²) >= 11 is 5.86. The number of halogens is 2. The highest BCUT2D eigenvalue weighted by Crippen LogP contribution is 2.43. The van der Waals surface area contributed by atoms with Crippen molar-refractivity contribution in [3.05, 3.63) is 58.9 Å². The Balaban J connectivity index is 1.61. The van der Waals surface area contributed by atoms with Gasteiger partial charge in [-0.05, 0) is 35.9 Å². The fraction of sp³-hybridized carbons (Fsp3) is 0.348. The Labute approximate surface area is 179 Å². The summed E-state index contributed by atoms with van der Waals surface area (Å²) in [6, 6.07) is 12.0. The van der Waals surface area contributed by atoms with Crippen LogP contribution in [-0.2, 0) is 20.9 Å². The van der Waals surface area contributed by atoms with Gasteiger partial charge in [-0.15, -0.1) is 11.6 Å². The number of fused-ring (bicyclic) bond motifs is 1. The minimum absolute atomic E-state index is 0.0665. The molecule has 2 heterocycles. The summed E-state index contributed by atoms with van der Waals surface area (Å²) in [6.45, 7) is 4.67. The Morgan fingerprint density at radius 2 is 2.10 bits per heavy atom. The van der Waals surface area contributed by atoms with E-state index in [4.69, 9.17) is 16.9 Å². The van der Waals surface area contributed by atoms with Crippen molar-refractivity contribution in [1.29, 1.82) is 5.26 Å². The number of nitrogens with zero attached hydrogens (tertiary/aromatic N) is 3. The predicted octanol–water partition coefficient (Wildman–Crippen LogP) is 4.11. The fourth-order valence-electron chi connectivity index (χ4n) is 4.32. The highest BCUT2D eigenvalue weighted by molar-refractivity contribution is 6.17. The zero-order valence-corrected chi connectivity index (χ0v) is 17.5. The maximum absolute atomic E-state index is 14.4. The molecule has 1 saturated heterocycles. The van der Waals surface area contributed by atoms with Gasteiger partial charge in [0.25, 0.3) is 0 Å². The summed E-state index contributed by atoms with van der Waals surface area (Å²) in [6.07, 6.45) is 0.0874. The third-order valence-corrected chi connectivity index (χ3v) is 6.20. The van der Waals surface area contributed by atoms with E-state index < -0.39 is 11.7 Å². The van der Waals surface area contributed by atoms with Crippen molar-refractivity contribution in [2.45, 2.75) is 31.6 Å². The number of anilines is 2. The molecule has 1 fully saturated rings. The van der Waals surface area contributed by atoms with Crippen LogP contribution in [0.25, 0.3) is 0 Å². The number of rotatable bonds is 3. The van der Waals surface area contributed by atoms with Crippen molar-refractivity contribution in [1.82, 2.24) is 0 Å². The second kappa shape index (κ2) is 7.41. The van der Waals surface area contributed by atoms with E-state index in [9.17, 15) is 14.0 Å². The lowest BCUT2D eigenvalue weighted by Gasteiger charge is -2.23. The Morgan fingerprint density at radius 1 is 1.33 bits per heavy atom. The molecular formula is C23H21ClFN3O2. The van der Waals surface area contributed by atoms with E-state index in [0.29, 0.717) is 29.0 Å². The van der Waals surface area contributed by atoms with Gasteiger partial charge < -0.3 is 9.80 Å². The Hall–Kier alpha value is -2.91. The first-order valence-corrected chi connectivity index (χ1v) is 10.3. The van der Waals surface area contributed by atoms with Gasteiger partial charge in [-0.1, -0.05) is 19.9 Å². The van der Waals surface area contributed by atoms with Crippen molar-refractivity contribution in [2.75, 3.05) is 22.9 Å². The second-order valence-electron chi connectivity index (χ2n) is 8.47. The molecule has 0 saturated carbocycles. The Morgan fingerprint density at radius 3 is 2.80 bits per heavy atom. The number of carbonyl (C=O) groups excluding carboxylic acids is 2. The van der Waals surface area contributed by atoms with Crippen LogP contribution >= 0.6 is 11.6 Å².